The number of aliphatic hydroxyl groups is 1. The van der Waals surface area contributed by atoms with Gasteiger partial charge in [-0.1, -0.05) is 0 Å². The third-order valence-electron chi connectivity index (χ3n) is 4.97. The van der Waals surface area contributed by atoms with Crippen molar-refractivity contribution in [3.05, 3.63) is 69.6 Å². The van der Waals surface area contributed by atoms with E-state index in [4.69, 9.17) is 4.74 Å². The van der Waals surface area contributed by atoms with E-state index in [1.54, 1.807) is 0 Å². The standard InChI is InChI=1S/C22H19O2.2ClH.Zr/c1-14-15(2)22(24-12-11-23)21(16-7-3-4-8-16)19-13-17-9-5-6-10-18(17)20(14)19;;;/h3-7,9-10,23H,2,8,11-12H2,1H3;2*1H;/q;;;+2/p-2. The number of benzene rings is 2. The molecule has 0 bridgehead atoms. The van der Waals surface area contributed by atoms with Crippen molar-refractivity contribution in [1.82, 2.24) is 0 Å². The van der Waals surface area contributed by atoms with Crippen molar-refractivity contribution in [3.63, 3.8) is 0 Å². The van der Waals surface area contributed by atoms with Gasteiger partial charge in [-0.3, -0.25) is 0 Å². The van der Waals surface area contributed by atoms with Gasteiger partial charge < -0.3 is 24.8 Å². The molecule has 0 saturated heterocycles. The van der Waals surface area contributed by atoms with Gasteiger partial charge in [-0.2, -0.15) is 0 Å². The van der Waals surface area contributed by atoms with Gasteiger partial charge in [-0.05, 0) is 0 Å². The topological polar surface area (TPSA) is 29.5 Å². The molecule has 2 aromatic carbocycles. The summed E-state index contributed by atoms with van der Waals surface area (Å²) in [6.45, 7) is 6.74. The van der Waals surface area contributed by atoms with Crippen molar-refractivity contribution < 1.29 is 59.4 Å². The monoisotopic (exact) mass is 475 g/mol. The quantitative estimate of drug-likeness (QED) is 0.503. The van der Waals surface area contributed by atoms with Gasteiger partial charge in [0.2, 0.25) is 0 Å². The average molecular weight is 478 g/mol. The summed E-state index contributed by atoms with van der Waals surface area (Å²) in [6.07, 6.45) is 7.35. The van der Waals surface area contributed by atoms with Crippen LogP contribution in [0.3, 0.4) is 0 Å². The van der Waals surface area contributed by atoms with Crippen LogP contribution in [0.2, 0.25) is 0 Å². The second-order valence-electron chi connectivity index (χ2n) is 6.37. The molecule has 27 heavy (non-hydrogen) atoms. The number of halogens is 2. The normalized spacial score (nSPS) is 13.5. The Balaban J connectivity index is 0.00000131. The number of fused-ring (bicyclic) bond motifs is 3. The average Bonchev–Trinajstić information content (AvgIpc) is 3.25. The zero-order chi connectivity index (χ0) is 17.6. The summed E-state index contributed by atoms with van der Waals surface area (Å²) in [5, 5.41) is 11.5. The molecule has 5 heteroatoms. The van der Waals surface area contributed by atoms with Gasteiger partial charge in [0.05, 0.1) is 0 Å². The molecule has 4 rings (SSSR count). The van der Waals surface area contributed by atoms with Gasteiger partial charge in [-0.15, -0.1) is 0 Å². The first-order valence-electron chi connectivity index (χ1n) is 8.46. The Morgan fingerprint density at radius 3 is 2.48 bits per heavy atom. The summed E-state index contributed by atoms with van der Waals surface area (Å²) in [6, 6.07) is 8.62. The summed E-state index contributed by atoms with van der Waals surface area (Å²) in [7, 11) is 0. The Kier molecular flexibility index (Phi) is 7.33. The van der Waals surface area contributed by atoms with Crippen molar-refractivity contribution in [3.8, 4) is 16.9 Å². The predicted molar refractivity (Wildman–Crippen MR) is 98.2 cm³/mol. The molecule has 0 radical (unpaired) electrons. The number of ether oxygens (including phenoxy) is 1. The molecule has 2 aromatic rings. The summed E-state index contributed by atoms with van der Waals surface area (Å²) in [5.41, 5.74) is 7.52. The van der Waals surface area contributed by atoms with Gasteiger partial charge in [0, 0.05) is 0 Å². The van der Waals surface area contributed by atoms with E-state index in [0.29, 0.717) is 0 Å². The molecular weight excluding hydrogens is 458 g/mol. The van der Waals surface area contributed by atoms with Crippen LogP contribution in [-0.2, 0) is 24.7 Å². The molecule has 0 saturated carbocycles. The molecule has 0 amide bonds. The number of aliphatic hydroxyl groups excluding tert-OH is 1. The molecule has 0 aliphatic heterocycles. The van der Waals surface area contributed by atoms with Gasteiger partial charge in [0.15, 0.2) is 0 Å². The van der Waals surface area contributed by atoms with Crippen molar-refractivity contribution in [2.75, 3.05) is 13.2 Å². The van der Waals surface area contributed by atoms with E-state index in [2.05, 4.69) is 56.0 Å². The van der Waals surface area contributed by atoms with E-state index in [-0.39, 0.29) is 38.0 Å². The minimum Gasteiger partial charge on any atom is -1.00 e. The van der Waals surface area contributed by atoms with E-state index < -0.39 is 0 Å². The Morgan fingerprint density at radius 1 is 1.15 bits per heavy atom. The second kappa shape index (κ2) is 8.92. The fourth-order valence-corrected chi connectivity index (χ4v) is 4.93. The van der Waals surface area contributed by atoms with Crippen LogP contribution in [0.15, 0.2) is 42.5 Å². The Labute approximate surface area is 187 Å². The largest absolute Gasteiger partial charge is 1.00 e. The van der Waals surface area contributed by atoms with Crippen molar-refractivity contribution in [1.29, 1.82) is 0 Å². The fourth-order valence-electron chi connectivity index (χ4n) is 3.78. The Bertz CT molecular complexity index is 1050. The van der Waals surface area contributed by atoms with Crippen LogP contribution in [0.5, 0.6) is 5.75 Å². The molecule has 0 atom stereocenters. The SMILES string of the molecule is C=c1c(C)c2c(c(C3=CC=CC3)c1OCCO)=[C]([Zr+2])c1ccccc1-2.[Cl-].[Cl-]. The zero-order valence-electron chi connectivity index (χ0n) is 15.0. The predicted octanol–water partition coefficient (Wildman–Crippen LogP) is -3.19. The Morgan fingerprint density at radius 2 is 1.85 bits per heavy atom. The minimum atomic E-state index is 0. The number of hydrogen-bond donors (Lipinski definition) is 1. The van der Waals surface area contributed by atoms with Gasteiger partial charge in [0.25, 0.3) is 0 Å². The molecule has 0 fully saturated rings. The summed E-state index contributed by atoms with van der Waals surface area (Å²) >= 11 is 1.40. The maximum absolute atomic E-state index is 9.26. The molecule has 0 spiro atoms. The minimum absolute atomic E-state index is 0. The molecule has 137 valence electrons. The second-order valence-corrected chi connectivity index (χ2v) is 7.60. The fraction of sp³-hybridized carbons (Fsp3) is 0.182. The first-order chi connectivity index (χ1) is 12.1. The molecule has 2 aliphatic rings. The van der Waals surface area contributed by atoms with Crippen LogP contribution < -0.4 is 40.0 Å². The molecule has 0 heterocycles. The first-order valence-corrected chi connectivity index (χ1v) is 9.69. The summed E-state index contributed by atoms with van der Waals surface area (Å²) < 4.78 is 7.37. The van der Waals surface area contributed by atoms with Crippen LogP contribution in [-0.4, -0.2) is 18.3 Å². The van der Waals surface area contributed by atoms with Crippen LogP contribution in [0.25, 0.3) is 26.6 Å². The molecule has 2 nitrogen and oxygen atoms in total. The number of hydrogen-bond acceptors (Lipinski definition) is 2. The van der Waals surface area contributed by atoms with Crippen molar-refractivity contribution >= 4 is 15.4 Å². The van der Waals surface area contributed by atoms with Gasteiger partial charge in [0.1, 0.15) is 0 Å². The van der Waals surface area contributed by atoms with E-state index >= 15 is 0 Å². The van der Waals surface area contributed by atoms with Crippen LogP contribution in [0, 0.1) is 6.92 Å². The van der Waals surface area contributed by atoms with E-state index in [1.807, 2.05) is 0 Å². The molecule has 2 aliphatic carbocycles. The zero-order valence-corrected chi connectivity index (χ0v) is 19.0. The number of rotatable bonds is 4. The smallest absolute Gasteiger partial charge is 1.00 e. The third-order valence-corrected chi connectivity index (χ3v) is 6.25. The molecule has 1 N–H and O–H groups in total. The number of allylic oxidation sites excluding steroid dienone is 4. The van der Waals surface area contributed by atoms with E-state index in [9.17, 15) is 5.11 Å². The van der Waals surface area contributed by atoms with Crippen molar-refractivity contribution in [2.24, 2.45) is 0 Å². The van der Waals surface area contributed by atoms with Crippen molar-refractivity contribution in [2.45, 2.75) is 13.3 Å². The van der Waals surface area contributed by atoms with E-state index in [0.717, 1.165) is 23.0 Å². The molecule has 0 aromatic heterocycles. The van der Waals surface area contributed by atoms with Crippen LogP contribution in [0.4, 0.5) is 0 Å². The molecular formula is C22H19Cl2O2Zr. The first kappa shape index (κ1) is 22.2. The summed E-state index contributed by atoms with van der Waals surface area (Å²) in [5.74, 6) is 0.827. The third kappa shape index (κ3) is 3.52. The van der Waals surface area contributed by atoms with Crippen LogP contribution in [0.1, 0.15) is 23.1 Å². The van der Waals surface area contributed by atoms with Gasteiger partial charge >= 0.3 is 163 Å². The maximum atomic E-state index is 9.26. The van der Waals surface area contributed by atoms with Crippen LogP contribution >= 0.6 is 0 Å². The Hall–Kier alpha value is -1.12. The summed E-state index contributed by atoms with van der Waals surface area (Å²) in [4.78, 5) is 0. The van der Waals surface area contributed by atoms with E-state index in [1.165, 1.54) is 61.0 Å². The maximum Gasteiger partial charge on any atom is -1.00 e. The van der Waals surface area contributed by atoms with Gasteiger partial charge in [-0.25, -0.2) is 0 Å². The molecule has 0 unspecified atom stereocenters.